The number of carbonyl (C=O) groups is 3. The van der Waals surface area contributed by atoms with Crippen LogP contribution >= 0.6 is 23.2 Å². The number of esters is 1. The second-order valence-corrected chi connectivity index (χ2v) is 8.85. The molecule has 3 aromatic rings. The fraction of sp³-hybridized carbons (Fsp3) is 0.308. The molecule has 0 bridgehead atoms. The number of ether oxygens (including phenoxy) is 1. The van der Waals surface area contributed by atoms with E-state index in [9.17, 15) is 19.2 Å². The fourth-order valence-electron chi connectivity index (χ4n) is 3.98. The fourth-order valence-corrected chi connectivity index (χ4v) is 4.36. The lowest BCUT2D eigenvalue weighted by molar-refractivity contribution is -0.143. The monoisotopic (exact) mass is 546 g/mol. The maximum Gasteiger partial charge on any atom is 0.345 e. The van der Waals surface area contributed by atoms with Gasteiger partial charge in [0.15, 0.2) is 0 Å². The van der Waals surface area contributed by atoms with Gasteiger partial charge in [0, 0.05) is 32.0 Å². The quantitative estimate of drug-likeness (QED) is 0.124. The molecule has 0 fully saturated rings. The van der Waals surface area contributed by atoms with Crippen LogP contribution in [0.25, 0.3) is 11.0 Å². The van der Waals surface area contributed by atoms with Gasteiger partial charge in [-0.25, -0.2) is 9.59 Å². The van der Waals surface area contributed by atoms with Gasteiger partial charge in [-0.3, -0.25) is 23.6 Å². The van der Waals surface area contributed by atoms with Crippen LogP contribution < -0.4 is 10.6 Å². The van der Waals surface area contributed by atoms with Gasteiger partial charge < -0.3 is 9.64 Å². The second-order valence-electron chi connectivity index (χ2n) is 8.07. The summed E-state index contributed by atoms with van der Waals surface area (Å²) in [5.74, 6) is -1.74. The zero-order chi connectivity index (χ0) is 27.3. The van der Waals surface area contributed by atoms with Gasteiger partial charge in [-0.05, 0) is 50.6 Å². The molecule has 0 saturated heterocycles. The lowest BCUT2D eigenvalue weighted by Gasteiger charge is -2.20. The Hall–Kier alpha value is -3.56. The molecule has 196 valence electrons. The number of aryl methyl sites for hydroxylation is 2. The zero-order valence-corrected chi connectivity index (χ0v) is 22.5. The van der Waals surface area contributed by atoms with Gasteiger partial charge in [0.25, 0.3) is 5.91 Å². The average Bonchev–Trinajstić information content (AvgIpc) is 3.16. The topological polar surface area (TPSA) is 93.8 Å². The molecule has 9 nitrogen and oxygen atoms in total. The minimum Gasteiger partial charge on any atom is -0.462 e. The van der Waals surface area contributed by atoms with Crippen LogP contribution in [0.4, 0.5) is 5.69 Å². The van der Waals surface area contributed by atoms with Crippen LogP contribution in [0.5, 0.6) is 0 Å². The van der Waals surface area contributed by atoms with E-state index >= 15 is 0 Å². The summed E-state index contributed by atoms with van der Waals surface area (Å²) in [5, 5.41) is 0.480. The van der Waals surface area contributed by atoms with Crippen LogP contribution in [0.3, 0.4) is 0 Å². The van der Waals surface area contributed by atoms with Crippen molar-refractivity contribution < 1.29 is 19.1 Å². The van der Waals surface area contributed by atoms with E-state index in [-0.39, 0.29) is 34.5 Å². The molecular formula is C26H28Cl2N4O5. The number of hydrogen-bond donors (Lipinski definition) is 0. The Morgan fingerprint density at radius 3 is 2.32 bits per heavy atom. The number of benzene rings is 2. The van der Waals surface area contributed by atoms with Crippen molar-refractivity contribution in [3.05, 3.63) is 74.3 Å². The van der Waals surface area contributed by atoms with Gasteiger partial charge in [-0.15, -0.1) is 0 Å². The molecule has 1 aromatic heterocycles. The normalized spacial score (nSPS) is 11.5. The predicted molar refractivity (Wildman–Crippen MR) is 144 cm³/mol. The molecule has 0 aliphatic carbocycles. The smallest absolute Gasteiger partial charge is 0.345 e. The summed E-state index contributed by atoms with van der Waals surface area (Å²) in [7, 11) is 1.65. The van der Waals surface area contributed by atoms with E-state index in [1.807, 2.05) is 19.9 Å². The summed E-state index contributed by atoms with van der Waals surface area (Å²) in [6.45, 7) is 6.25. The van der Waals surface area contributed by atoms with Gasteiger partial charge in [0.05, 0.1) is 34.2 Å². The molecule has 2 amide bonds. The average molecular weight is 547 g/mol. The molecule has 11 heteroatoms. The number of rotatable bonds is 10. The Kier molecular flexibility index (Phi) is 9.18. The Balaban J connectivity index is 2.02. The summed E-state index contributed by atoms with van der Waals surface area (Å²) in [6.07, 6.45) is 1.63. The van der Waals surface area contributed by atoms with E-state index < -0.39 is 11.9 Å². The van der Waals surface area contributed by atoms with Crippen molar-refractivity contribution in [3.8, 4) is 0 Å². The van der Waals surface area contributed by atoms with Crippen LogP contribution in [0, 0.1) is 0 Å². The number of imide groups is 1. The minimum atomic E-state index is -0.882. The summed E-state index contributed by atoms with van der Waals surface area (Å²) < 4.78 is 8.43. The van der Waals surface area contributed by atoms with Crippen molar-refractivity contribution in [1.29, 1.82) is 0 Å². The molecule has 2 aromatic carbocycles. The molecule has 3 rings (SSSR count). The maximum atomic E-state index is 13.3. The minimum absolute atomic E-state index is 0.0354. The summed E-state index contributed by atoms with van der Waals surface area (Å²) in [6, 6.07) is 10.3. The highest BCUT2D eigenvalue weighted by atomic mass is 35.5. The highest BCUT2D eigenvalue weighted by molar-refractivity contribution is 6.42. The molecule has 0 spiro atoms. The first kappa shape index (κ1) is 28.0. The third kappa shape index (κ3) is 5.73. The SMILES string of the molecule is CCOC(=O)/C(=C/N(C)c1ccc2c(c1)n(CC)c(=O)n2CC)C(=O)N(C=O)Cc1cccc(Cl)c1Cl. The van der Waals surface area contributed by atoms with Crippen LogP contribution in [-0.2, 0) is 38.8 Å². The maximum absolute atomic E-state index is 13.3. The van der Waals surface area contributed by atoms with Crippen LogP contribution in [0.15, 0.2) is 53.0 Å². The first-order valence-electron chi connectivity index (χ1n) is 11.7. The number of imidazole rings is 1. The van der Waals surface area contributed by atoms with E-state index in [2.05, 4.69) is 0 Å². The number of halogens is 2. The lowest BCUT2D eigenvalue weighted by atomic mass is 10.2. The number of fused-ring (bicyclic) bond motifs is 1. The highest BCUT2D eigenvalue weighted by Crippen LogP contribution is 2.27. The Labute approximate surface area is 224 Å². The van der Waals surface area contributed by atoms with Gasteiger partial charge >= 0.3 is 11.7 Å². The number of amides is 2. The van der Waals surface area contributed by atoms with Gasteiger partial charge in [0.2, 0.25) is 6.41 Å². The molecule has 0 saturated carbocycles. The van der Waals surface area contributed by atoms with E-state index in [1.54, 1.807) is 58.3 Å². The van der Waals surface area contributed by atoms with Crippen molar-refractivity contribution in [2.45, 2.75) is 40.4 Å². The van der Waals surface area contributed by atoms with Crippen molar-refractivity contribution in [2.75, 3.05) is 18.6 Å². The molecule has 0 atom stereocenters. The van der Waals surface area contributed by atoms with Crippen LogP contribution in [0.1, 0.15) is 26.3 Å². The largest absolute Gasteiger partial charge is 0.462 e. The first-order valence-corrected chi connectivity index (χ1v) is 12.5. The number of hydrogen-bond acceptors (Lipinski definition) is 6. The molecule has 0 radical (unpaired) electrons. The van der Waals surface area contributed by atoms with Crippen molar-refractivity contribution in [2.24, 2.45) is 0 Å². The Bertz CT molecular complexity index is 1430. The number of carbonyl (C=O) groups excluding carboxylic acids is 3. The molecule has 0 unspecified atom stereocenters. The molecule has 37 heavy (non-hydrogen) atoms. The van der Waals surface area contributed by atoms with E-state index in [1.165, 1.54) is 6.20 Å². The molecule has 0 aliphatic heterocycles. The van der Waals surface area contributed by atoms with Crippen molar-refractivity contribution in [1.82, 2.24) is 14.0 Å². The third-order valence-electron chi connectivity index (χ3n) is 5.85. The molecular weight excluding hydrogens is 519 g/mol. The van der Waals surface area contributed by atoms with Gasteiger partial charge in [0.1, 0.15) is 5.57 Å². The predicted octanol–water partition coefficient (Wildman–Crippen LogP) is 4.22. The van der Waals surface area contributed by atoms with Crippen molar-refractivity contribution >= 4 is 58.2 Å². The Morgan fingerprint density at radius 2 is 1.70 bits per heavy atom. The lowest BCUT2D eigenvalue weighted by Crippen LogP contribution is -2.34. The summed E-state index contributed by atoms with van der Waals surface area (Å²) >= 11 is 12.3. The summed E-state index contributed by atoms with van der Waals surface area (Å²) in [4.78, 5) is 53.1. The number of nitrogens with zero attached hydrogens (tertiary/aromatic N) is 4. The molecule has 0 aliphatic rings. The van der Waals surface area contributed by atoms with Crippen LogP contribution in [-0.4, -0.2) is 46.0 Å². The molecule has 1 heterocycles. The summed E-state index contributed by atoms with van der Waals surface area (Å²) in [5.41, 5.74) is 2.10. The van der Waals surface area contributed by atoms with Crippen molar-refractivity contribution in [3.63, 3.8) is 0 Å². The second kappa shape index (κ2) is 12.1. The highest BCUT2D eigenvalue weighted by Gasteiger charge is 2.27. The Morgan fingerprint density at radius 1 is 1.03 bits per heavy atom. The van der Waals surface area contributed by atoms with Gasteiger partial charge in [-0.1, -0.05) is 35.3 Å². The van der Waals surface area contributed by atoms with E-state index in [4.69, 9.17) is 27.9 Å². The molecule has 0 N–H and O–H groups in total. The zero-order valence-electron chi connectivity index (χ0n) is 21.0. The third-order valence-corrected chi connectivity index (χ3v) is 6.71. The van der Waals surface area contributed by atoms with Crippen LogP contribution in [0.2, 0.25) is 10.0 Å². The first-order chi connectivity index (χ1) is 17.7. The van der Waals surface area contributed by atoms with E-state index in [0.717, 1.165) is 15.9 Å². The van der Waals surface area contributed by atoms with E-state index in [0.29, 0.717) is 30.8 Å². The van der Waals surface area contributed by atoms with Gasteiger partial charge in [-0.2, -0.15) is 0 Å². The number of aromatic nitrogens is 2. The standard InChI is InChI=1S/C26H28Cl2N4O5/c1-5-31-21-12-11-18(13-22(21)32(6-2)26(31)36)29(4)15-19(25(35)37-7-3)24(34)30(16-33)14-17-9-8-10-20(27)23(17)28/h8-13,15-16H,5-7,14H2,1-4H3/b19-15+. The number of anilines is 1.